The molecule has 0 saturated heterocycles. The molecule has 10 nitrogen and oxygen atoms in total. The summed E-state index contributed by atoms with van der Waals surface area (Å²) in [6.45, 7) is 0.255. The lowest BCUT2D eigenvalue weighted by atomic mass is 9.87. The van der Waals surface area contributed by atoms with E-state index in [0.717, 1.165) is 25.7 Å². The summed E-state index contributed by atoms with van der Waals surface area (Å²) in [7, 11) is 3.04. The molecule has 0 bridgehead atoms. The van der Waals surface area contributed by atoms with Crippen LogP contribution in [0.4, 0.5) is 0 Å². The molecule has 38 heavy (non-hydrogen) atoms. The smallest absolute Gasteiger partial charge is 0.247 e. The summed E-state index contributed by atoms with van der Waals surface area (Å²) in [5.74, 6) is 0.592. The Labute approximate surface area is 237 Å². The van der Waals surface area contributed by atoms with Gasteiger partial charge < -0.3 is 39.7 Å². The maximum Gasteiger partial charge on any atom is 0.247 e. The molecule has 2 aliphatic rings. The molecule has 1 aromatic carbocycles. The molecule has 3 unspecified atom stereocenters. The number of carbonyl (C=O) groups excluding carboxylic acids is 2. The molecular formula is C27H39IN2O8. The molecule has 1 saturated carbocycles. The van der Waals surface area contributed by atoms with E-state index < -0.39 is 24.2 Å². The second kappa shape index (κ2) is 15.0. The van der Waals surface area contributed by atoms with Gasteiger partial charge in [-0.3, -0.25) is 9.59 Å². The molecule has 3 atom stereocenters. The van der Waals surface area contributed by atoms with Gasteiger partial charge in [0.15, 0.2) is 11.5 Å². The molecule has 2 aliphatic carbocycles. The molecule has 0 aromatic heterocycles. The summed E-state index contributed by atoms with van der Waals surface area (Å²) < 4.78 is 17.7. The minimum absolute atomic E-state index is 0.0757. The Morgan fingerprint density at radius 3 is 2.55 bits per heavy atom. The number of halogens is 1. The molecule has 0 aliphatic heterocycles. The third-order valence-corrected chi connectivity index (χ3v) is 7.94. The van der Waals surface area contributed by atoms with E-state index >= 15 is 0 Å². The zero-order valence-corrected chi connectivity index (χ0v) is 24.2. The quantitative estimate of drug-likeness (QED) is 0.238. The van der Waals surface area contributed by atoms with Crippen molar-refractivity contribution in [1.29, 1.82) is 0 Å². The molecule has 2 amide bonds. The summed E-state index contributed by atoms with van der Waals surface area (Å²) in [4.78, 5) is 28.1. The van der Waals surface area contributed by atoms with Crippen molar-refractivity contribution in [1.82, 2.24) is 10.2 Å². The van der Waals surface area contributed by atoms with Crippen LogP contribution in [-0.4, -0.2) is 90.8 Å². The third kappa shape index (κ3) is 7.81. The SMILES string of the molecule is COCCN(C(=O)CC1CCCC1)C1CC(C(=O)NCCO)=CC(Oc2c(I)cc(CO)cc2OC)C1O. The number of nitrogens with one attached hydrogen (secondary N) is 1. The predicted octanol–water partition coefficient (Wildman–Crippen LogP) is 1.76. The maximum absolute atomic E-state index is 13.5. The van der Waals surface area contributed by atoms with Gasteiger partial charge in [0.05, 0.1) is 36.5 Å². The summed E-state index contributed by atoms with van der Waals surface area (Å²) in [6, 6.07) is 2.68. The van der Waals surface area contributed by atoms with E-state index in [4.69, 9.17) is 14.2 Å². The predicted molar refractivity (Wildman–Crippen MR) is 149 cm³/mol. The first-order valence-electron chi connectivity index (χ1n) is 13.0. The third-order valence-electron chi connectivity index (χ3n) is 7.14. The van der Waals surface area contributed by atoms with E-state index in [-0.39, 0.29) is 45.2 Å². The number of amides is 2. The van der Waals surface area contributed by atoms with Crippen molar-refractivity contribution < 1.29 is 39.1 Å². The summed E-state index contributed by atoms with van der Waals surface area (Å²) >= 11 is 2.07. The number of aliphatic hydroxyl groups excluding tert-OH is 3. The number of methoxy groups -OCH3 is 2. The zero-order chi connectivity index (χ0) is 27.7. The number of benzene rings is 1. The van der Waals surface area contributed by atoms with Crippen LogP contribution in [0.25, 0.3) is 0 Å². The number of hydrogen-bond acceptors (Lipinski definition) is 8. The van der Waals surface area contributed by atoms with Gasteiger partial charge in [-0.2, -0.15) is 0 Å². The number of rotatable bonds is 13. The molecule has 1 aromatic rings. The molecule has 212 valence electrons. The summed E-state index contributed by atoms with van der Waals surface area (Å²) in [5.41, 5.74) is 0.999. The Kier molecular flexibility index (Phi) is 12.1. The molecule has 11 heteroatoms. The van der Waals surface area contributed by atoms with Gasteiger partial charge in [0.2, 0.25) is 11.8 Å². The van der Waals surface area contributed by atoms with Crippen LogP contribution >= 0.6 is 22.6 Å². The van der Waals surface area contributed by atoms with Gasteiger partial charge >= 0.3 is 0 Å². The van der Waals surface area contributed by atoms with Gasteiger partial charge in [-0.15, -0.1) is 0 Å². The number of hydrogen-bond donors (Lipinski definition) is 4. The lowest BCUT2D eigenvalue weighted by Gasteiger charge is -2.41. The highest BCUT2D eigenvalue weighted by atomic mass is 127. The monoisotopic (exact) mass is 646 g/mol. The average Bonchev–Trinajstić information content (AvgIpc) is 3.42. The molecule has 0 radical (unpaired) electrons. The van der Waals surface area contributed by atoms with Crippen LogP contribution in [0, 0.1) is 9.49 Å². The van der Waals surface area contributed by atoms with Crippen LogP contribution in [0.1, 0.15) is 44.1 Å². The van der Waals surface area contributed by atoms with E-state index in [1.54, 1.807) is 30.2 Å². The van der Waals surface area contributed by atoms with Gasteiger partial charge in [-0.1, -0.05) is 12.8 Å². The molecular weight excluding hydrogens is 607 g/mol. The average molecular weight is 647 g/mol. The van der Waals surface area contributed by atoms with Crippen molar-refractivity contribution in [3.8, 4) is 11.5 Å². The van der Waals surface area contributed by atoms with E-state index in [2.05, 4.69) is 27.9 Å². The summed E-state index contributed by atoms with van der Waals surface area (Å²) in [6.07, 6.45) is 4.26. The van der Waals surface area contributed by atoms with Gasteiger partial charge in [-0.25, -0.2) is 0 Å². The second-order valence-electron chi connectivity index (χ2n) is 9.72. The van der Waals surface area contributed by atoms with E-state index in [1.807, 2.05) is 0 Å². The Balaban J connectivity index is 1.95. The standard InChI is InChI=1S/C27H39IN2O8/c1-36-10-8-30(24(33)13-17-5-3-4-6-17)21-14-19(27(35)29-7-9-31)15-22(25(21)34)38-26-20(28)11-18(16-32)12-23(26)37-2/h11-12,15,17,21-22,25,31-32,34H,3-10,13-14,16H2,1-2H3,(H,29,35). The van der Waals surface area contributed by atoms with Crippen LogP contribution in [0.15, 0.2) is 23.8 Å². The Morgan fingerprint density at radius 1 is 1.18 bits per heavy atom. The van der Waals surface area contributed by atoms with E-state index in [0.29, 0.717) is 38.5 Å². The van der Waals surface area contributed by atoms with Gasteiger partial charge in [0.25, 0.3) is 0 Å². The van der Waals surface area contributed by atoms with Crippen LogP contribution in [-0.2, 0) is 20.9 Å². The largest absolute Gasteiger partial charge is 0.493 e. The number of carbonyl (C=O) groups is 2. The minimum Gasteiger partial charge on any atom is -0.493 e. The molecule has 1 fully saturated rings. The Hall–Kier alpha value is -1.93. The molecule has 0 spiro atoms. The molecule has 4 N–H and O–H groups in total. The highest BCUT2D eigenvalue weighted by Crippen LogP contribution is 2.37. The van der Waals surface area contributed by atoms with Crippen LogP contribution in [0.5, 0.6) is 11.5 Å². The first-order valence-corrected chi connectivity index (χ1v) is 14.1. The van der Waals surface area contributed by atoms with Gasteiger partial charge in [0.1, 0.15) is 12.2 Å². The molecule has 3 rings (SSSR count). The van der Waals surface area contributed by atoms with Crippen molar-refractivity contribution in [2.75, 3.05) is 40.5 Å². The topological polar surface area (TPSA) is 138 Å². The lowest BCUT2D eigenvalue weighted by Crippen LogP contribution is -2.56. The van der Waals surface area contributed by atoms with E-state index in [1.165, 1.54) is 7.11 Å². The van der Waals surface area contributed by atoms with Crippen molar-refractivity contribution in [3.05, 3.63) is 32.9 Å². The minimum atomic E-state index is -1.13. The second-order valence-corrected chi connectivity index (χ2v) is 10.9. The highest BCUT2D eigenvalue weighted by Gasteiger charge is 2.41. The molecule has 0 heterocycles. The number of nitrogens with zero attached hydrogens (tertiary/aromatic N) is 1. The van der Waals surface area contributed by atoms with Crippen molar-refractivity contribution in [2.24, 2.45) is 5.92 Å². The maximum atomic E-state index is 13.5. The number of aliphatic hydroxyl groups is 3. The van der Waals surface area contributed by atoms with Crippen LogP contribution in [0.2, 0.25) is 0 Å². The van der Waals surface area contributed by atoms with Crippen molar-refractivity contribution in [2.45, 2.75) is 63.4 Å². The zero-order valence-electron chi connectivity index (χ0n) is 22.0. The van der Waals surface area contributed by atoms with Crippen LogP contribution < -0.4 is 14.8 Å². The number of ether oxygens (including phenoxy) is 3. The van der Waals surface area contributed by atoms with E-state index in [9.17, 15) is 24.9 Å². The lowest BCUT2D eigenvalue weighted by molar-refractivity contribution is -0.140. The van der Waals surface area contributed by atoms with Crippen molar-refractivity contribution in [3.63, 3.8) is 0 Å². The first kappa shape index (κ1) is 30.6. The fraction of sp³-hybridized carbons (Fsp3) is 0.630. The van der Waals surface area contributed by atoms with Crippen molar-refractivity contribution >= 4 is 34.4 Å². The van der Waals surface area contributed by atoms with Gasteiger partial charge in [0, 0.05) is 38.6 Å². The fourth-order valence-corrected chi connectivity index (χ4v) is 5.93. The Bertz CT molecular complexity index is 982. The fourth-order valence-electron chi connectivity index (χ4n) is 5.14. The first-order chi connectivity index (χ1) is 18.3. The highest BCUT2D eigenvalue weighted by molar-refractivity contribution is 14.1. The summed E-state index contributed by atoms with van der Waals surface area (Å²) in [5, 5.41) is 33.0. The Morgan fingerprint density at radius 2 is 1.92 bits per heavy atom. The van der Waals surface area contributed by atoms with Gasteiger partial charge in [-0.05, 0) is 65.1 Å². The van der Waals surface area contributed by atoms with Crippen LogP contribution in [0.3, 0.4) is 0 Å². The normalized spacial score (nSPS) is 21.6.